The van der Waals surface area contributed by atoms with Gasteiger partial charge in [-0.3, -0.25) is 4.79 Å². The van der Waals surface area contributed by atoms with E-state index in [2.05, 4.69) is 0 Å². The van der Waals surface area contributed by atoms with Crippen LogP contribution in [0.25, 0.3) is 0 Å². The van der Waals surface area contributed by atoms with Gasteiger partial charge >= 0.3 is 0 Å². The third-order valence-electron chi connectivity index (χ3n) is 2.06. The molecule has 0 aliphatic carbocycles. The molecule has 0 aromatic heterocycles. The lowest BCUT2D eigenvalue weighted by Crippen LogP contribution is -2.15. The highest BCUT2D eigenvalue weighted by Crippen LogP contribution is 2.28. The SMILES string of the molecule is NCCc1cccc(Cl)c1OCCC(N)=O. The summed E-state index contributed by atoms with van der Waals surface area (Å²) in [5.74, 6) is 0.197. The molecule has 4 nitrogen and oxygen atoms in total. The number of halogens is 1. The minimum atomic E-state index is -0.396. The van der Waals surface area contributed by atoms with Crippen LogP contribution in [0.1, 0.15) is 12.0 Å². The fourth-order valence-corrected chi connectivity index (χ4v) is 1.57. The molecule has 0 atom stereocenters. The highest BCUT2D eigenvalue weighted by atomic mass is 35.5. The summed E-state index contributed by atoms with van der Waals surface area (Å²) in [5.41, 5.74) is 11.4. The van der Waals surface area contributed by atoms with Gasteiger partial charge in [0.2, 0.25) is 5.91 Å². The van der Waals surface area contributed by atoms with Crippen LogP contribution in [0.15, 0.2) is 18.2 Å². The van der Waals surface area contributed by atoms with E-state index in [4.69, 9.17) is 27.8 Å². The van der Waals surface area contributed by atoms with Gasteiger partial charge in [-0.15, -0.1) is 0 Å². The summed E-state index contributed by atoms with van der Waals surface area (Å²) in [6.07, 6.45) is 0.861. The molecule has 4 N–H and O–H groups in total. The van der Waals surface area contributed by atoms with Gasteiger partial charge in [0.25, 0.3) is 0 Å². The molecule has 88 valence electrons. The van der Waals surface area contributed by atoms with Crippen LogP contribution in [-0.4, -0.2) is 19.1 Å². The number of primary amides is 1. The van der Waals surface area contributed by atoms with Crippen LogP contribution >= 0.6 is 11.6 Å². The third-order valence-corrected chi connectivity index (χ3v) is 2.35. The number of para-hydroxylation sites is 1. The van der Waals surface area contributed by atoms with Crippen LogP contribution in [-0.2, 0) is 11.2 Å². The van der Waals surface area contributed by atoms with Crippen molar-refractivity contribution < 1.29 is 9.53 Å². The molecule has 1 amide bonds. The van der Waals surface area contributed by atoms with Crippen molar-refractivity contribution >= 4 is 17.5 Å². The number of hydrogen-bond acceptors (Lipinski definition) is 3. The van der Waals surface area contributed by atoms with E-state index < -0.39 is 5.91 Å². The Morgan fingerprint density at radius 3 is 2.81 bits per heavy atom. The van der Waals surface area contributed by atoms with E-state index in [9.17, 15) is 4.79 Å². The predicted octanol–water partition coefficient (Wildman–Crippen LogP) is 1.10. The topological polar surface area (TPSA) is 78.3 Å². The Kier molecular flexibility index (Phi) is 5.08. The molecule has 0 unspecified atom stereocenters. The van der Waals surface area contributed by atoms with Gasteiger partial charge in [0, 0.05) is 0 Å². The number of amides is 1. The summed E-state index contributed by atoms with van der Waals surface area (Å²) >= 11 is 6.00. The molecule has 0 radical (unpaired) electrons. The Bertz CT molecular complexity index is 369. The lowest BCUT2D eigenvalue weighted by atomic mass is 10.1. The zero-order valence-electron chi connectivity index (χ0n) is 8.91. The van der Waals surface area contributed by atoms with Gasteiger partial charge in [0.05, 0.1) is 18.1 Å². The standard InChI is InChI=1S/C11H15ClN2O2/c12-9-3-1-2-8(4-6-13)11(9)16-7-5-10(14)15/h1-3H,4-7,13H2,(H2,14,15). The van der Waals surface area contributed by atoms with Crippen LogP contribution in [0.2, 0.25) is 5.02 Å². The van der Waals surface area contributed by atoms with Crippen molar-refractivity contribution in [3.8, 4) is 5.75 Å². The summed E-state index contributed by atoms with van der Waals surface area (Å²) in [7, 11) is 0. The van der Waals surface area contributed by atoms with Crippen LogP contribution in [0, 0.1) is 0 Å². The van der Waals surface area contributed by atoms with E-state index in [0.29, 0.717) is 23.7 Å². The summed E-state index contributed by atoms with van der Waals surface area (Å²) in [4.78, 5) is 10.6. The Balaban J connectivity index is 2.71. The maximum atomic E-state index is 10.6. The van der Waals surface area contributed by atoms with E-state index >= 15 is 0 Å². The van der Waals surface area contributed by atoms with Gasteiger partial charge in [0.15, 0.2) is 0 Å². The largest absolute Gasteiger partial charge is 0.491 e. The maximum Gasteiger partial charge on any atom is 0.220 e. The number of ether oxygens (including phenoxy) is 1. The zero-order chi connectivity index (χ0) is 12.0. The first-order valence-corrected chi connectivity index (χ1v) is 5.41. The molecule has 1 aromatic rings. The van der Waals surface area contributed by atoms with Gasteiger partial charge in [-0.05, 0) is 24.6 Å². The average Bonchev–Trinajstić information content (AvgIpc) is 2.22. The van der Waals surface area contributed by atoms with Gasteiger partial charge in [0.1, 0.15) is 5.75 Å². The lowest BCUT2D eigenvalue weighted by Gasteiger charge is -2.11. The summed E-state index contributed by atoms with van der Waals surface area (Å²) in [5, 5.41) is 0.524. The van der Waals surface area contributed by atoms with Crippen LogP contribution in [0.4, 0.5) is 0 Å². The van der Waals surface area contributed by atoms with Crippen molar-refractivity contribution in [3.05, 3.63) is 28.8 Å². The number of benzene rings is 1. The lowest BCUT2D eigenvalue weighted by molar-refractivity contribution is -0.118. The van der Waals surface area contributed by atoms with Gasteiger partial charge in [-0.1, -0.05) is 23.7 Å². The fourth-order valence-electron chi connectivity index (χ4n) is 1.32. The molecule has 0 fully saturated rings. The molecule has 0 bridgehead atoms. The Hall–Kier alpha value is -1.26. The van der Waals surface area contributed by atoms with Crippen molar-refractivity contribution in [1.82, 2.24) is 0 Å². The van der Waals surface area contributed by atoms with Gasteiger partial charge in [-0.2, -0.15) is 0 Å². The normalized spacial score (nSPS) is 10.1. The molecule has 0 saturated heterocycles. The summed E-state index contributed by atoms with van der Waals surface area (Å²) < 4.78 is 5.44. The number of hydrogen-bond donors (Lipinski definition) is 2. The first kappa shape index (κ1) is 12.8. The average molecular weight is 243 g/mol. The highest BCUT2D eigenvalue weighted by molar-refractivity contribution is 6.32. The van der Waals surface area contributed by atoms with E-state index in [1.165, 1.54) is 0 Å². The monoisotopic (exact) mass is 242 g/mol. The fraction of sp³-hybridized carbons (Fsp3) is 0.364. The third kappa shape index (κ3) is 3.72. The smallest absolute Gasteiger partial charge is 0.220 e. The predicted molar refractivity (Wildman–Crippen MR) is 63.5 cm³/mol. The second-order valence-corrected chi connectivity index (χ2v) is 3.74. The molecule has 0 aliphatic rings. The molecule has 16 heavy (non-hydrogen) atoms. The quantitative estimate of drug-likeness (QED) is 0.784. The summed E-state index contributed by atoms with van der Waals surface area (Å²) in [6.45, 7) is 0.753. The Labute approximate surface area is 99.5 Å². The first-order chi connectivity index (χ1) is 7.65. The Morgan fingerprint density at radius 2 is 2.19 bits per heavy atom. The van der Waals surface area contributed by atoms with Crippen molar-refractivity contribution in [1.29, 1.82) is 0 Å². The first-order valence-electron chi connectivity index (χ1n) is 5.03. The van der Waals surface area contributed by atoms with Crippen LogP contribution < -0.4 is 16.2 Å². The molecular weight excluding hydrogens is 228 g/mol. The van der Waals surface area contributed by atoms with Crippen LogP contribution in [0.3, 0.4) is 0 Å². The Morgan fingerprint density at radius 1 is 1.44 bits per heavy atom. The molecule has 0 aliphatic heterocycles. The number of rotatable bonds is 6. The van der Waals surface area contributed by atoms with Crippen molar-refractivity contribution in [2.75, 3.05) is 13.2 Å². The van der Waals surface area contributed by atoms with E-state index in [1.807, 2.05) is 12.1 Å². The van der Waals surface area contributed by atoms with Crippen LogP contribution in [0.5, 0.6) is 5.75 Å². The molecule has 5 heteroatoms. The minimum Gasteiger partial charge on any atom is -0.491 e. The molecule has 0 heterocycles. The van der Waals surface area contributed by atoms with Crippen molar-refractivity contribution in [2.24, 2.45) is 11.5 Å². The second-order valence-electron chi connectivity index (χ2n) is 3.33. The van der Waals surface area contributed by atoms with Crippen molar-refractivity contribution in [2.45, 2.75) is 12.8 Å². The number of nitrogens with two attached hydrogens (primary N) is 2. The highest BCUT2D eigenvalue weighted by Gasteiger charge is 2.08. The van der Waals surface area contributed by atoms with E-state index in [1.54, 1.807) is 6.07 Å². The van der Waals surface area contributed by atoms with Crippen molar-refractivity contribution in [3.63, 3.8) is 0 Å². The summed E-state index contributed by atoms with van der Waals surface area (Å²) in [6, 6.07) is 5.48. The molecule has 0 spiro atoms. The van der Waals surface area contributed by atoms with E-state index in [0.717, 1.165) is 5.56 Å². The molecule has 1 aromatic carbocycles. The number of carbonyl (C=O) groups excluding carboxylic acids is 1. The van der Waals surface area contributed by atoms with Gasteiger partial charge < -0.3 is 16.2 Å². The van der Waals surface area contributed by atoms with Gasteiger partial charge in [-0.25, -0.2) is 0 Å². The molecule has 0 saturated carbocycles. The molecular formula is C11H15ClN2O2. The molecule has 1 rings (SSSR count). The second kappa shape index (κ2) is 6.35. The van der Waals surface area contributed by atoms with E-state index in [-0.39, 0.29) is 13.0 Å². The minimum absolute atomic E-state index is 0.174. The number of carbonyl (C=O) groups is 1. The zero-order valence-corrected chi connectivity index (χ0v) is 9.67. The maximum absolute atomic E-state index is 10.6.